The summed E-state index contributed by atoms with van der Waals surface area (Å²) in [6, 6.07) is 0.305. The number of nitrogens with zero attached hydrogens (tertiary/aromatic N) is 1. The van der Waals surface area contributed by atoms with Crippen LogP contribution in [0.3, 0.4) is 0 Å². The number of amides is 1. The lowest BCUT2D eigenvalue weighted by molar-refractivity contribution is 0.0160. The standard InChI is InChI=1S/C16H32N2O2/c1-13(17)8-5-6-9-14-10-7-11-18(12-14)15(19)20-16(2,3)4/h13-14H,5-12,17H2,1-4H3. The van der Waals surface area contributed by atoms with Gasteiger partial charge in [0.2, 0.25) is 0 Å². The third-order valence-electron chi connectivity index (χ3n) is 3.69. The average molecular weight is 284 g/mol. The molecule has 1 amide bonds. The van der Waals surface area contributed by atoms with E-state index in [1.165, 1.54) is 25.7 Å². The number of likely N-dealkylation sites (tertiary alicyclic amines) is 1. The first-order valence-electron chi connectivity index (χ1n) is 8.01. The number of carbonyl (C=O) groups is 1. The molecule has 1 heterocycles. The Balaban J connectivity index is 2.29. The molecule has 2 N–H and O–H groups in total. The lowest BCUT2D eigenvalue weighted by Crippen LogP contribution is -2.42. The zero-order valence-electron chi connectivity index (χ0n) is 13.7. The van der Waals surface area contributed by atoms with Crippen LogP contribution >= 0.6 is 0 Å². The van der Waals surface area contributed by atoms with Crippen molar-refractivity contribution in [3.05, 3.63) is 0 Å². The molecule has 0 aromatic rings. The summed E-state index contributed by atoms with van der Waals surface area (Å²) in [6.45, 7) is 9.50. The van der Waals surface area contributed by atoms with Gasteiger partial charge in [0, 0.05) is 19.1 Å². The van der Waals surface area contributed by atoms with E-state index in [-0.39, 0.29) is 6.09 Å². The second-order valence-electron chi connectivity index (χ2n) is 7.20. The van der Waals surface area contributed by atoms with Crippen LogP contribution in [0.1, 0.15) is 66.2 Å². The van der Waals surface area contributed by atoms with Crippen molar-refractivity contribution in [1.82, 2.24) is 4.90 Å². The van der Waals surface area contributed by atoms with Crippen LogP contribution in [0.15, 0.2) is 0 Å². The van der Waals surface area contributed by atoms with Crippen molar-refractivity contribution in [2.75, 3.05) is 13.1 Å². The summed E-state index contributed by atoms with van der Waals surface area (Å²) < 4.78 is 5.45. The molecule has 2 atom stereocenters. The molecule has 1 aliphatic heterocycles. The van der Waals surface area contributed by atoms with Crippen molar-refractivity contribution < 1.29 is 9.53 Å². The fourth-order valence-electron chi connectivity index (χ4n) is 2.69. The second kappa shape index (κ2) is 7.87. The molecule has 1 fully saturated rings. The Morgan fingerprint density at radius 2 is 2.10 bits per heavy atom. The molecule has 4 nitrogen and oxygen atoms in total. The zero-order valence-corrected chi connectivity index (χ0v) is 13.7. The maximum atomic E-state index is 12.1. The van der Waals surface area contributed by atoms with Gasteiger partial charge in [-0.15, -0.1) is 0 Å². The van der Waals surface area contributed by atoms with Crippen molar-refractivity contribution in [2.45, 2.75) is 77.9 Å². The Kier molecular flexibility index (Phi) is 6.80. The number of hydrogen-bond acceptors (Lipinski definition) is 3. The van der Waals surface area contributed by atoms with Crippen LogP contribution in [-0.2, 0) is 4.74 Å². The minimum absolute atomic E-state index is 0.155. The van der Waals surface area contributed by atoms with Crippen LogP contribution in [0.5, 0.6) is 0 Å². The predicted molar refractivity (Wildman–Crippen MR) is 82.6 cm³/mol. The number of ether oxygens (including phenoxy) is 1. The van der Waals surface area contributed by atoms with E-state index in [1.54, 1.807) is 0 Å². The van der Waals surface area contributed by atoms with Gasteiger partial charge in [-0.3, -0.25) is 0 Å². The van der Waals surface area contributed by atoms with E-state index in [0.717, 1.165) is 25.9 Å². The van der Waals surface area contributed by atoms with Crippen molar-refractivity contribution in [3.63, 3.8) is 0 Å². The molecule has 1 rings (SSSR count). The smallest absolute Gasteiger partial charge is 0.410 e. The summed E-state index contributed by atoms with van der Waals surface area (Å²) >= 11 is 0. The van der Waals surface area contributed by atoms with E-state index in [2.05, 4.69) is 6.92 Å². The first-order chi connectivity index (χ1) is 9.28. The summed E-state index contributed by atoms with van der Waals surface area (Å²) in [5, 5.41) is 0. The normalized spacial score (nSPS) is 21.6. The molecule has 0 radical (unpaired) electrons. The summed E-state index contributed by atoms with van der Waals surface area (Å²) in [7, 11) is 0. The van der Waals surface area contributed by atoms with Gasteiger partial charge in [-0.25, -0.2) is 4.79 Å². The SMILES string of the molecule is CC(N)CCCCC1CCCN(C(=O)OC(C)(C)C)C1. The van der Waals surface area contributed by atoms with Crippen LogP contribution in [0, 0.1) is 5.92 Å². The van der Waals surface area contributed by atoms with E-state index in [1.807, 2.05) is 25.7 Å². The number of unbranched alkanes of at least 4 members (excludes halogenated alkanes) is 1. The number of carbonyl (C=O) groups excluding carboxylic acids is 1. The van der Waals surface area contributed by atoms with Gasteiger partial charge in [-0.05, 0) is 59.3 Å². The Morgan fingerprint density at radius 1 is 1.40 bits per heavy atom. The monoisotopic (exact) mass is 284 g/mol. The van der Waals surface area contributed by atoms with Gasteiger partial charge >= 0.3 is 6.09 Å². The Labute approximate surface area is 124 Å². The summed E-state index contributed by atoms with van der Waals surface area (Å²) in [5.41, 5.74) is 5.36. The quantitative estimate of drug-likeness (QED) is 0.786. The van der Waals surface area contributed by atoms with E-state index in [9.17, 15) is 4.79 Å². The van der Waals surface area contributed by atoms with Crippen LogP contribution in [0.2, 0.25) is 0 Å². The summed E-state index contributed by atoms with van der Waals surface area (Å²) in [6.07, 6.45) is 6.89. The minimum atomic E-state index is -0.401. The first kappa shape index (κ1) is 17.3. The predicted octanol–water partition coefficient (Wildman–Crippen LogP) is 3.54. The van der Waals surface area contributed by atoms with Gasteiger partial charge < -0.3 is 15.4 Å². The van der Waals surface area contributed by atoms with Gasteiger partial charge in [-0.1, -0.05) is 12.8 Å². The molecule has 0 saturated carbocycles. The number of piperidine rings is 1. The van der Waals surface area contributed by atoms with E-state index < -0.39 is 5.60 Å². The molecule has 4 heteroatoms. The largest absolute Gasteiger partial charge is 0.444 e. The molecule has 1 saturated heterocycles. The highest BCUT2D eigenvalue weighted by atomic mass is 16.6. The van der Waals surface area contributed by atoms with Crippen molar-refractivity contribution in [3.8, 4) is 0 Å². The maximum Gasteiger partial charge on any atom is 0.410 e. The lowest BCUT2D eigenvalue weighted by atomic mass is 9.92. The van der Waals surface area contributed by atoms with E-state index >= 15 is 0 Å². The second-order valence-corrected chi connectivity index (χ2v) is 7.20. The maximum absolute atomic E-state index is 12.1. The molecule has 0 aromatic carbocycles. The first-order valence-corrected chi connectivity index (χ1v) is 8.01. The number of hydrogen-bond donors (Lipinski definition) is 1. The van der Waals surface area contributed by atoms with Gasteiger partial charge in [0.25, 0.3) is 0 Å². The van der Waals surface area contributed by atoms with Gasteiger partial charge in [-0.2, -0.15) is 0 Å². The lowest BCUT2D eigenvalue weighted by Gasteiger charge is -2.34. The fraction of sp³-hybridized carbons (Fsp3) is 0.938. The van der Waals surface area contributed by atoms with E-state index in [4.69, 9.17) is 10.5 Å². The third-order valence-corrected chi connectivity index (χ3v) is 3.69. The molecular weight excluding hydrogens is 252 g/mol. The molecule has 2 unspecified atom stereocenters. The Bertz CT molecular complexity index is 297. The highest BCUT2D eigenvalue weighted by Crippen LogP contribution is 2.23. The highest BCUT2D eigenvalue weighted by molar-refractivity contribution is 5.68. The molecule has 20 heavy (non-hydrogen) atoms. The zero-order chi connectivity index (χ0) is 15.2. The molecule has 0 bridgehead atoms. The fourth-order valence-corrected chi connectivity index (χ4v) is 2.69. The van der Waals surface area contributed by atoms with Crippen LogP contribution in [0.25, 0.3) is 0 Å². The van der Waals surface area contributed by atoms with Crippen molar-refractivity contribution in [2.24, 2.45) is 11.7 Å². The van der Waals surface area contributed by atoms with Crippen molar-refractivity contribution in [1.29, 1.82) is 0 Å². The molecule has 0 aromatic heterocycles. The third kappa shape index (κ3) is 7.13. The Hall–Kier alpha value is -0.770. The molecule has 1 aliphatic rings. The molecular formula is C16H32N2O2. The highest BCUT2D eigenvalue weighted by Gasteiger charge is 2.27. The minimum Gasteiger partial charge on any atom is -0.444 e. The topological polar surface area (TPSA) is 55.6 Å². The average Bonchev–Trinajstić information content (AvgIpc) is 2.33. The Morgan fingerprint density at radius 3 is 2.70 bits per heavy atom. The van der Waals surface area contributed by atoms with Crippen LogP contribution < -0.4 is 5.73 Å². The van der Waals surface area contributed by atoms with E-state index in [0.29, 0.717) is 12.0 Å². The summed E-state index contributed by atoms with van der Waals surface area (Å²) in [5.74, 6) is 0.629. The van der Waals surface area contributed by atoms with Gasteiger partial charge in [0.15, 0.2) is 0 Å². The van der Waals surface area contributed by atoms with Crippen LogP contribution in [-0.4, -0.2) is 35.7 Å². The number of nitrogens with two attached hydrogens (primary N) is 1. The molecule has 118 valence electrons. The number of rotatable bonds is 5. The van der Waals surface area contributed by atoms with Crippen molar-refractivity contribution >= 4 is 6.09 Å². The molecule has 0 spiro atoms. The van der Waals surface area contributed by atoms with Gasteiger partial charge in [0.1, 0.15) is 5.60 Å². The molecule has 0 aliphatic carbocycles. The van der Waals surface area contributed by atoms with Crippen LogP contribution in [0.4, 0.5) is 4.79 Å². The van der Waals surface area contributed by atoms with Gasteiger partial charge in [0.05, 0.1) is 0 Å². The summed E-state index contributed by atoms with van der Waals surface area (Å²) in [4.78, 5) is 13.9.